The lowest BCUT2D eigenvalue weighted by molar-refractivity contribution is 1.16. The van der Waals surface area contributed by atoms with Crippen LogP contribution in [0.5, 0.6) is 0 Å². The molecule has 0 unspecified atom stereocenters. The molecule has 0 aliphatic rings. The van der Waals surface area contributed by atoms with Gasteiger partial charge in [-0.15, -0.1) is 0 Å². The van der Waals surface area contributed by atoms with Gasteiger partial charge in [0.2, 0.25) is 0 Å². The van der Waals surface area contributed by atoms with Crippen LogP contribution in [0.3, 0.4) is 0 Å². The van der Waals surface area contributed by atoms with E-state index in [0.29, 0.717) is 0 Å². The maximum absolute atomic E-state index is 3.85. The van der Waals surface area contributed by atoms with Crippen molar-refractivity contribution in [3.8, 4) is 0 Å². The highest BCUT2D eigenvalue weighted by Crippen LogP contribution is 2.05. The zero-order chi connectivity index (χ0) is 7.40. The molecule has 0 nitrogen and oxygen atoms in total. The normalized spacial score (nSPS) is 9.80. The van der Waals surface area contributed by atoms with Gasteiger partial charge in [-0.1, -0.05) is 40.2 Å². The minimum atomic E-state index is 1.02. The molecule has 1 aromatic carbocycles. The van der Waals surface area contributed by atoms with E-state index in [1.165, 1.54) is 5.56 Å². The molecule has 0 saturated heterocycles. The maximum atomic E-state index is 3.85. The standard InChI is InChI=1S/C9H10Br/c1-8-3-2-4-9(7-8)5-6-10/h2-4,7H,1,5-6H2. The second-order valence-corrected chi connectivity index (χ2v) is 3.05. The fourth-order valence-corrected chi connectivity index (χ4v) is 1.35. The third-order valence-electron chi connectivity index (χ3n) is 1.37. The van der Waals surface area contributed by atoms with Crippen molar-refractivity contribution in [2.75, 3.05) is 5.33 Å². The van der Waals surface area contributed by atoms with Gasteiger partial charge in [0.25, 0.3) is 0 Å². The Bertz CT molecular complexity index is 206. The first kappa shape index (κ1) is 7.80. The number of hydrogen-bond donors (Lipinski definition) is 0. The third-order valence-corrected chi connectivity index (χ3v) is 1.77. The van der Waals surface area contributed by atoms with Crippen molar-refractivity contribution in [3.63, 3.8) is 0 Å². The Morgan fingerprint density at radius 3 is 2.80 bits per heavy atom. The van der Waals surface area contributed by atoms with E-state index in [4.69, 9.17) is 0 Å². The van der Waals surface area contributed by atoms with Crippen LogP contribution >= 0.6 is 15.9 Å². The Hall–Kier alpha value is -0.300. The molecule has 0 aromatic heterocycles. The lowest BCUT2D eigenvalue weighted by atomic mass is 10.1. The molecule has 0 bridgehead atoms. The van der Waals surface area contributed by atoms with Crippen molar-refractivity contribution in [2.45, 2.75) is 6.42 Å². The molecule has 0 spiro atoms. The summed E-state index contributed by atoms with van der Waals surface area (Å²) in [5.41, 5.74) is 2.45. The van der Waals surface area contributed by atoms with E-state index in [-0.39, 0.29) is 0 Å². The number of alkyl halides is 1. The summed E-state index contributed by atoms with van der Waals surface area (Å²) in [5, 5.41) is 1.02. The van der Waals surface area contributed by atoms with Gasteiger partial charge in [0.05, 0.1) is 0 Å². The summed E-state index contributed by atoms with van der Waals surface area (Å²) in [6.45, 7) is 3.85. The SMILES string of the molecule is [CH2]c1cccc(CCBr)c1. The van der Waals surface area contributed by atoms with Crippen LogP contribution in [0.2, 0.25) is 0 Å². The molecular weight excluding hydrogens is 188 g/mol. The van der Waals surface area contributed by atoms with Gasteiger partial charge < -0.3 is 0 Å². The number of halogens is 1. The van der Waals surface area contributed by atoms with Crippen LogP contribution < -0.4 is 0 Å². The highest BCUT2D eigenvalue weighted by Gasteiger charge is 1.89. The summed E-state index contributed by atoms with van der Waals surface area (Å²) in [4.78, 5) is 0. The molecule has 0 aliphatic carbocycles. The quantitative estimate of drug-likeness (QED) is 0.641. The minimum Gasteiger partial charge on any atom is -0.0924 e. The molecule has 0 saturated carbocycles. The highest BCUT2D eigenvalue weighted by molar-refractivity contribution is 9.09. The molecule has 1 radical (unpaired) electrons. The second kappa shape index (κ2) is 3.77. The summed E-state index contributed by atoms with van der Waals surface area (Å²) >= 11 is 3.39. The predicted molar refractivity (Wildman–Crippen MR) is 48.4 cm³/mol. The van der Waals surface area contributed by atoms with Crippen molar-refractivity contribution < 1.29 is 0 Å². The summed E-state index contributed by atoms with van der Waals surface area (Å²) in [6, 6.07) is 8.29. The van der Waals surface area contributed by atoms with Gasteiger partial charge in [-0.2, -0.15) is 0 Å². The van der Waals surface area contributed by atoms with Gasteiger partial charge in [-0.3, -0.25) is 0 Å². The molecule has 0 heterocycles. The smallest absolute Gasteiger partial charge is 0.00718 e. The molecule has 0 amide bonds. The van der Waals surface area contributed by atoms with Crippen LogP contribution in [0.4, 0.5) is 0 Å². The highest BCUT2D eigenvalue weighted by atomic mass is 79.9. The molecular formula is C9H10Br. The van der Waals surface area contributed by atoms with Gasteiger partial charge in [0.15, 0.2) is 0 Å². The second-order valence-electron chi connectivity index (χ2n) is 2.26. The lowest BCUT2D eigenvalue weighted by Crippen LogP contribution is -1.84. The van der Waals surface area contributed by atoms with Crippen molar-refractivity contribution in [1.82, 2.24) is 0 Å². The Labute approximate surface area is 70.4 Å². The summed E-state index contributed by atoms with van der Waals surface area (Å²) in [5.74, 6) is 0. The summed E-state index contributed by atoms with van der Waals surface area (Å²) < 4.78 is 0. The molecule has 1 aromatic rings. The maximum Gasteiger partial charge on any atom is 0.00718 e. The van der Waals surface area contributed by atoms with E-state index in [1.54, 1.807) is 0 Å². The number of hydrogen-bond acceptors (Lipinski definition) is 0. The topological polar surface area (TPSA) is 0 Å². The molecule has 0 N–H and O–H groups in total. The van der Waals surface area contributed by atoms with Crippen LogP contribution in [0.1, 0.15) is 11.1 Å². The van der Waals surface area contributed by atoms with Gasteiger partial charge >= 0.3 is 0 Å². The monoisotopic (exact) mass is 197 g/mol. The van der Waals surface area contributed by atoms with E-state index >= 15 is 0 Å². The van der Waals surface area contributed by atoms with E-state index in [9.17, 15) is 0 Å². The first-order valence-electron chi connectivity index (χ1n) is 3.30. The average molecular weight is 198 g/mol. The number of benzene rings is 1. The largest absolute Gasteiger partial charge is 0.0924 e. The van der Waals surface area contributed by atoms with E-state index in [0.717, 1.165) is 17.3 Å². The predicted octanol–water partition coefficient (Wildman–Crippen LogP) is 2.81. The first-order chi connectivity index (χ1) is 4.83. The Kier molecular flexibility index (Phi) is 2.94. The van der Waals surface area contributed by atoms with E-state index < -0.39 is 0 Å². The van der Waals surface area contributed by atoms with Gasteiger partial charge in [0.1, 0.15) is 0 Å². The fraction of sp³-hybridized carbons (Fsp3) is 0.222. The van der Waals surface area contributed by atoms with E-state index in [2.05, 4.69) is 35.0 Å². The van der Waals surface area contributed by atoms with Gasteiger partial charge in [-0.05, 0) is 24.5 Å². The van der Waals surface area contributed by atoms with Crippen LogP contribution in [-0.4, -0.2) is 5.33 Å². The van der Waals surface area contributed by atoms with Crippen molar-refractivity contribution in [3.05, 3.63) is 42.3 Å². The third kappa shape index (κ3) is 2.14. The van der Waals surface area contributed by atoms with E-state index in [1.807, 2.05) is 12.1 Å². The van der Waals surface area contributed by atoms with Crippen molar-refractivity contribution >= 4 is 15.9 Å². The Balaban J connectivity index is 2.75. The van der Waals surface area contributed by atoms with Crippen LogP contribution in [0.25, 0.3) is 0 Å². The van der Waals surface area contributed by atoms with Crippen LogP contribution in [-0.2, 0) is 6.42 Å². The number of rotatable bonds is 2. The Morgan fingerprint density at radius 1 is 1.40 bits per heavy atom. The molecule has 10 heavy (non-hydrogen) atoms. The zero-order valence-electron chi connectivity index (χ0n) is 5.81. The zero-order valence-corrected chi connectivity index (χ0v) is 7.39. The van der Waals surface area contributed by atoms with Crippen molar-refractivity contribution in [2.24, 2.45) is 0 Å². The first-order valence-corrected chi connectivity index (χ1v) is 4.42. The van der Waals surface area contributed by atoms with Gasteiger partial charge in [-0.25, -0.2) is 0 Å². The van der Waals surface area contributed by atoms with Crippen molar-refractivity contribution in [1.29, 1.82) is 0 Å². The minimum absolute atomic E-state index is 1.02. The molecule has 0 fully saturated rings. The fourth-order valence-electron chi connectivity index (χ4n) is 0.894. The molecule has 0 aliphatic heterocycles. The molecule has 1 rings (SSSR count). The Morgan fingerprint density at radius 2 is 2.20 bits per heavy atom. The molecule has 0 atom stereocenters. The lowest BCUT2D eigenvalue weighted by Gasteiger charge is -1.97. The van der Waals surface area contributed by atoms with Gasteiger partial charge in [0, 0.05) is 5.33 Å². The number of aryl methyl sites for hydroxylation is 1. The summed E-state index contributed by atoms with van der Waals surface area (Å²) in [7, 11) is 0. The molecule has 1 heteroatoms. The average Bonchev–Trinajstić information content (AvgIpc) is 1.88. The van der Waals surface area contributed by atoms with Crippen LogP contribution in [0.15, 0.2) is 24.3 Å². The van der Waals surface area contributed by atoms with Crippen LogP contribution in [0, 0.1) is 6.92 Å². The molecule has 53 valence electrons. The summed E-state index contributed by atoms with van der Waals surface area (Å²) in [6.07, 6.45) is 1.09.